The highest BCUT2D eigenvalue weighted by atomic mass is 35.5. The molecule has 0 aliphatic carbocycles. The first-order chi connectivity index (χ1) is 16.2. The summed E-state index contributed by atoms with van der Waals surface area (Å²) >= 11 is 12.7. The summed E-state index contributed by atoms with van der Waals surface area (Å²) in [7, 11) is 0. The molecule has 0 aromatic heterocycles. The van der Waals surface area contributed by atoms with Gasteiger partial charge in [-0.05, 0) is 41.0 Å². The molecule has 174 valence electrons. The van der Waals surface area contributed by atoms with Crippen LogP contribution in [-0.2, 0) is 21.2 Å². The Morgan fingerprint density at radius 2 is 1.68 bits per heavy atom. The lowest BCUT2D eigenvalue weighted by atomic mass is 9.59. The van der Waals surface area contributed by atoms with E-state index in [4.69, 9.17) is 23.4 Å². The van der Waals surface area contributed by atoms with E-state index >= 15 is 0 Å². The van der Waals surface area contributed by atoms with Gasteiger partial charge in [0, 0.05) is 34.8 Å². The van der Waals surface area contributed by atoms with Crippen LogP contribution in [0.1, 0.15) is 40.6 Å². The molecule has 4 nitrogen and oxygen atoms in total. The molecule has 3 aromatic rings. The van der Waals surface area contributed by atoms with Crippen molar-refractivity contribution in [1.29, 1.82) is 0 Å². The van der Waals surface area contributed by atoms with Gasteiger partial charge in [0.25, 0.3) is 0 Å². The Morgan fingerprint density at radius 3 is 2.41 bits per heavy atom. The smallest absolute Gasteiger partial charge is 0.325 e. The number of piperidine rings is 1. The van der Waals surface area contributed by atoms with Crippen LogP contribution in [0.15, 0.2) is 72.8 Å². The van der Waals surface area contributed by atoms with Crippen LogP contribution in [0.25, 0.3) is 0 Å². The first kappa shape index (κ1) is 22.7. The number of hydrogen-bond acceptors (Lipinski definition) is 2. The van der Waals surface area contributed by atoms with Crippen LogP contribution < -0.4 is 5.32 Å². The summed E-state index contributed by atoms with van der Waals surface area (Å²) in [6, 6.07) is 16.9. The Hall–Kier alpha value is -3.03. The van der Waals surface area contributed by atoms with Crippen molar-refractivity contribution < 1.29 is 22.8 Å². The summed E-state index contributed by atoms with van der Waals surface area (Å²) < 4.78 is 43.1. The molecule has 3 atom stereocenters. The van der Waals surface area contributed by atoms with Crippen LogP contribution >= 0.6 is 23.4 Å². The van der Waals surface area contributed by atoms with Gasteiger partial charge in [-0.1, -0.05) is 60.1 Å². The van der Waals surface area contributed by atoms with Crippen molar-refractivity contribution in [2.24, 2.45) is 0 Å². The third-order valence-corrected chi connectivity index (χ3v) is 7.25. The maximum atomic E-state index is 14.1. The van der Waals surface area contributed by atoms with Crippen molar-refractivity contribution in [3.05, 3.63) is 100 Å². The fourth-order valence-electron chi connectivity index (χ4n) is 5.32. The molecular weight excluding hydrogens is 488 g/mol. The third-order valence-electron chi connectivity index (χ3n) is 6.63. The number of alkyl halides is 3. The molecule has 34 heavy (non-hydrogen) atoms. The highest BCUT2D eigenvalue weighted by Gasteiger charge is 2.64. The van der Waals surface area contributed by atoms with Crippen LogP contribution in [-0.4, -0.2) is 16.2 Å². The van der Waals surface area contributed by atoms with Gasteiger partial charge >= 0.3 is 6.18 Å². The average molecular weight is 505 g/mol. The number of fused-ring (bicyclic) bond motifs is 2. The lowest BCUT2D eigenvalue weighted by Gasteiger charge is -2.49. The van der Waals surface area contributed by atoms with Crippen LogP contribution in [0.2, 0.25) is 5.02 Å². The van der Waals surface area contributed by atoms with Gasteiger partial charge in [-0.25, -0.2) is 4.42 Å². The first-order valence-electron chi connectivity index (χ1n) is 10.5. The monoisotopic (exact) mass is 504 g/mol. The molecule has 2 aliphatic rings. The molecule has 0 radical (unpaired) electrons. The summed E-state index contributed by atoms with van der Waals surface area (Å²) in [4.78, 5) is 27.0. The van der Waals surface area contributed by atoms with Gasteiger partial charge in [-0.3, -0.25) is 9.59 Å². The van der Waals surface area contributed by atoms with Crippen molar-refractivity contribution >= 4 is 40.9 Å². The minimum absolute atomic E-state index is 0.184. The summed E-state index contributed by atoms with van der Waals surface area (Å²) in [6.07, 6.45) is -4.91. The Balaban J connectivity index is 1.87. The Kier molecular flexibility index (Phi) is 5.37. The van der Waals surface area contributed by atoms with Crippen molar-refractivity contribution in [3.8, 4) is 0 Å². The van der Waals surface area contributed by atoms with Crippen LogP contribution in [0.5, 0.6) is 0 Å². The summed E-state index contributed by atoms with van der Waals surface area (Å²) in [5, 5.41) is 3.20. The Morgan fingerprint density at radius 1 is 0.971 bits per heavy atom. The highest BCUT2D eigenvalue weighted by molar-refractivity contribution is 6.30. The van der Waals surface area contributed by atoms with Gasteiger partial charge < -0.3 is 5.32 Å². The van der Waals surface area contributed by atoms with Crippen LogP contribution in [0.4, 0.5) is 18.9 Å². The molecular formula is C25H17Cl2F3N2O2. The van der Waals surface area contributed by atoms with Gasteiger partial charge in [0.2, 0.25) is 11.8 Å². The minimum atomic E-state index is -4.73. The van der Waals surface area contributed by atoms with E-state index in [1.807, 2.05) is 0 Å². The lowest BCUT2D eigenvalue weighted by Crippen LogP contribution is -2.56. The zero-order valence-corrected chi connectivity index (χ0v) is 19.0. The molecule has 1 fully saturated rings. The fraction of sp³-hybridized carbons (Fsp3) is 0.200. The summed E-state index contributed by atoms with van der Waals surface area (Å²) in [6.45, 7) is 0. The molecule has 3 unspecified atom stereocenters. The van der Waals surface area contributed by atoms with Gasteiger partial charge in [0.05, 0.1) is 11.6 Å². The van der Waals surface area contributed by atoms with E-state index < -0.39 is 40.9 Å². The van der Waals surface area contributed by atoms with E-state index in [-0.39, 0.29) is 12.0 Å². The van der Waals surface area contributed by atoms with E-state index in [1.54, 1.807) is 48.5 Å². The number of rotatable bonds is 2. The quantitative estimate of drug-likeness (QED) is 0.407. The normalized spacial score (nSPS) is 24.3. The molecule has 1 spiro atoms. The van der Waals surface area contributed by atoms with E-state index in [2.05, 4.69) is 5.32 Å². The predicted octanol–water partition coefficient (Wildman–Crippen LogP) is 6.46. The lowest BCUT2D eigenvalue weighted by molar-refractivity contribution is -0.144. The van der Waals surface area contributed by atoms with E-state index in [1.165, 1.54) is 18.2 Å². The number of carbonyl (C=O) groups is 2. The number of nitrogens with one attached hydrogen (secondary N) is 1. The molecule has 0 saturated carbocycles. The molecule has 9 heteroatoms. The maximum Gasteiger partial charge on any atom is 0.416 e. The van der Waals surface area contributed by atoms with Crippen molar-refractivity contribution in [2.75, 3.05) is 5.32 Å². The largest absolute Gasteiger partial charge is 0.416 e. The second-order valence-corrected chi connectivity index (χ2v) is 9.17. The van der Waals surface area contributed by atoms with Gasteiger partial charge in [0.15, 0.2) is 0 Å². The molecule has 2 amide bonds. The van der Waals surface area contributed by atoms with Gasteiger partial charge in [0.1, 0.15) is 5.41 Å². The highest BCUT2D eigenvalue weighted by Crippen LogP contribution is 2.61. The second kappa shape index (κ2) is 8.03. The molecule has 0 bridgehead atoms. The number of carbonyl (C=O) groups excluding carboxylic acids is 2. The molecule has 2 heterocycles. The van der Waals surface area contributed by atoms with Gasteiger partial charge in [-0.15, -0.1) is 0 Å². The molecule has 1 saturated heterocycles. The Labute approximate surface area is 203 Å². The Bertz CT molecular complexity index is 1310. The molecule has 1 N–H and O–H groups in total. The first-order valence-corrected chi connectivity index (χ1v) is 11.2. The van der Waals surface area contributed by atoms with E-state index in [0.717, 1.165) is 10.5 Å². The number of halogens is 5. The zero-order valence-electron chi connectivity index (χ0n) is 17.4. The van der Waals surface area contributed by atoms with Crippen LogP contribution in [0, 0.1) is 0 Å². The number of nitrogens with zero attached hydrogens (tertiary/aromatic N) is 1. The second-order valence-electron chi connectivity index (χ2n) is 8.37. The minimum Gasteiger partial charge on any atom is -0.325 e. The molecule has 2 aliphatic heterocycles. The fourth-order valence-corrected chi connectivity index (χ4v) is 5.85. The third kappa shape index (κ3) is 3.29. The number of hydrogen-bond donors (Lipinski definition) is 1. The molecule has 3 aromatic carbocycles. The van der Waals surface area contributed by atoms with Crippen molar-refractivity contribution in [3.63, 3.8) is 0 Å². The number of benzene rings is 3. The topological polar surface area (TPSA) is 49.4 Å². The van der Waals surface area contributed by atoms with E-state index in [0.29, 0.717) is 21.8 Å². The summed E-state index contributed by atoms with van der Waals surface area (Å²) in [5.41, 5.74) is -1.33. The number of anilines is 1. The van der Waals surface area contributed by atoms with E-state index in [9.17, 15) is 22.8 Å². The average Bonchev–Trinajstić information content (AvgIpc) is 3.08. The van der Waals surface area contributed by atoms with Crippen LogP contribution in [0.3, 0.4) is 0 Å². The number of amides is 2. The standard InChI is InChI=1S/C25H17Cl2F3N2O2/c26-15-7-5-6-14(12-15)19-13-21(33)32(27)22(16-8-1-2-9-17(16)25(28,29)30)24(19)18-10-3-4-11-20(18)31-23(24)34/h1-12,19,22H,13H2,(H,31,34). The molecule has 5 rings (SSSR count). The maximum absolute atomic E-state index is 14.1. The van der Waals surface area contributed by atoms with Crippen molar-refractivity contribution in [1.82, 2.24) is 4.42 Å². The predicted molar refractivity (Wildman–Crippen MR) is 122 cm³/mol. The summed E-state index contributed by atoms with van der Waals surface area (Å²) in [5.74, 6) is -1.93. The SMILES string of the molecule is O=C1CC(c2cccc(Cl)c2)C2(C(=O)Nc3ccccc32)C(c2ccccc2C(F)(F)F)N1Cl. The van der Waals surface area contributed by atoms with Gasteiger partial charge in [-0.2, -0.15) is 13.2 Å². The zero-order chi connectivity index (χ0) is 24.3. The van der Waals surface area contributed by atoms with Crippen molar-refractivity contribution in [2.45, 2.75) is 30.0 Å². The number of para-hydroxylation sites is 1.